The lowest BCUT2D eigenvalue weighted by atomic mass is 10.1. The van der Waals surface area contributed by atoms with E-state index in [1.165, 1.54) is 33.1 Å². The van der Waals surface area contributed by atoms with Crippen molar-refractivity contribution in [2.24, 2.45) is 0 Å². The second-order valence-corrected chi connectivity index (χ2v) is 8.76. The maximum Gasteiger partial charge on any atom is 0.433 e. The van der Waals surface area contributed by atoms with Gasteiger partial charge in [-0.3, -0.25) is 0 Å². The van der Waals surface area contributed by atoms with Gasteiger partial charge in [0.2, 0.25) is 0 Å². The molecule has 0 unspecified atom stereocenters. The second-order valence-electron chi connectivity index (χ2n) is 8.76. The van der Waals surface area contributed by atoms with Crippen molar-refractivity contribution in [3.63, 3.8) is 0 Å². The molecule has 0 aliphatic carbocycles. The summed E-state index contributed by atoms with van der Waals surface area (Å²) >= 11 is 0. The number of ether oxygens (including phenoxy) is 4. The molecule has 0 aliphatic heterocycles. The standard InChI is InChI=1S/C30H25F3N4O4/c1-38-19-10-12-21(26(14-19)40-3)24-16-25(22-13-11-20(39-2)15-27(22)41-4)37(36-24)29-34-23(18-8-6-5-7-9-18)17-28(35-29)30(31,32)33/h5-17H,1-4H3. The van der Waals surface area contributed by atoms with E-state index >= 15 is 0 Å². The minimum absolute atomic E-state index is 0.0923. The molecule has 0 radical (unpaired) electrons. The second kappa shape index (κ2) is 11.2. The molecular weight excluding hydrogens is 537 g/mol. The molecule has 0 atom stereocenters. The fraction of sp³-hybridized carbons (Fsp3) is 0.167. The van der Waals surface area contributed by atoms with Crippen LogP contribution in [0.4, 0.5) is 13.2 Å². The summed E-state index contributed by atoms with van der Waals surface area (Å²) < 4.78 is 65.3. The van der Waals surface area contributed by atoms with Gasteiger partial charge in [-0.25, -0.2) is 9.97 Å². The first kappa shape index (κ1) is 27.5. The molecule has 0 spiro atoms. The highest BCUT2D eigenvalue weighted by Crippen LogP contribution is 2.40. The van der Waals surface area contributed by atoms with Crippen LogP contribution in [0.5, 0.6) is 23.0 Å². The molecule has 2 aromatic heterocycles. The third-order valence-corrected chi connectivity index (χ3v) is 6.34. The van der Waals surface area contributed by atoms with E-state index in [9.17, 15) is 13.2 Å². The van der Waals surface area contributed by atoms with Gasteiger partial charge in [0, 0.05) is 28.8 Å². The molecule has 2 heterocycles. The van der Waals surface area contributed by atoms with Gasteiger partial charge in [-0.05, 0) is 36.4 Å². The number of hydrogen-bond donors (Lipinski definition) is 0. The highest BCUT2D eigenvalue weighted by Gasteiger charge is 2.34. The Bertz CT molecular complexity index is 1690. The minimum atomic E-state index is -4.73. The minimum Gasteiger partial charge on any atom is -0.497 e. The van der Waals surface area contributed by atoms with Crippen molar-refractivity contribution >= 4 is 0 Å². The average molecular weight is 563 g/mol. The van der Waals surface area contributed by atoms with Crippen LogP contribution in [0, 0.1) is 0 Å². The highest BCUT2D eigenvalue weighted by atomic mass is 19.4. The van der Waals surface area contributed by atoms with Gasteiger partial charge in [-0.15, -0.1) is 0 Å². The number of hydrogen-bond acceptors (Lipinski definition) is 7. The molecular formula is C30H25F3N4O4. The lowest BCUT2D eigenvalue weighted by Crippen LogP contribution is -2.14. The normalized spacial score (nSPS) is 11.3. The van der Waals surface area contributed by atoms with E-state index in [0.29, 0.717) is 51.1 Å². The maximum absolute atomic E-state index is 14.1. The monoisotopic (exact) mass is 562 g/mol. The molecule has 0 amide bonds. The molecule has 0 saturated carbocycles. The fourth-order valence-corrected chi connectivity index (χ4v) is 4.31. The highest BCUT2D eigenvalue weighted by molar-refractivity contribution is 5.77. The number of halogens is 3. The van der Waals surface area contributed by atoms with E-state index in [0.717, 1.165) is 6.07 Å². The summed E-state index contributed by atoms with van der Waals surface area (Å²) in [6.45, 7) is 0. The van der Waals surface area contributed by atoms with Gasteiger partial charge in [-0.2, -0.15) is 23.0 Å². The van der Waals surface area contributed by atoms with Crippen LogP contribution in [0.2, 0.25) is 0 Å². The summed E-state index contributed by atoms with van der Waals surface area (Å²) in [6, 6.07) is 21.5. The molecule has 3 aromatic carbocycles. The van der Waals surface area contributed by atoms with Gasteiger partial charge >= 0.3 is 6.18 Å². The van der Waals surface area contributed by atoms with E-state index < -0.39 is 11.9 Å². The molecule has 11 heteroatoms. The Balaban J connectivity index is 1.80. The molecule has 0 fully saturated rings. The Morgan fingerprint density at radius 2 is 1.24 bits per heavy atom. The fourth-order valence-electron chi connectivity index (χ4n) is 4.31. The summed E-state index contributed by atoms with van der Waals surface area (Å²) in [7, 11) is 6.05. The topological polar surface area (TPSA) is 80.5 Å². The molecule has 0 saturated heterocycles. The van der Waals surface area contributed by atoms with Crippen molar-refractivity contribution in [3.8, 4) is 62.7 Å². The Morgan fingerprint density at radius 1 is 0.634 bits per heavy atom. The van der Waals surface area contributed by atoms with Crippen molar-refractivity contribution in [1.82, 2.24) is 19.7 Å². The first-order valence-electron chi connectivity index (χ1n) is 12.3. The summed E-state index contributed by atoms with van der Waals surface area (Å²) in [5, 5.41) is 4.68. The first-order valence-corrected chi connectivity index (χ1v) is 12.3. The van der Waals surface area contributed by atoms with Crippen molar-refractivity contribution in [3.05, 3.63) is 84.6 Å². The smallest absolute Gasteiger partial charge is 0.433 e. The predicted octanol–water partition coefficient (Wildman–Crippen LogP) is 6.72. The summed E-state index contributed by atoms with van der Waals surface area (Å²) in [5.41, 5.74) is 1.38. The number of nitrogens with zero attached hydrogens (tertiary/aromatic N) is 4. The predicted molar refractivity (Wildman–Crippen MR) is 147 cm³/mol. The van der Waals surface area contributed by atoms with Crippen LogP contribution in [-0.4, -0.2) is 48.2 Å². The number of benzene rings is 3. The Kier molecular flexibility index (Phi) is 7.52. The van der Waals surface area contributed by atoms with Crippen molar-refractivity contribution in [1.29, 1.82) is 0 Å². The van der Waals surface area contributed by atoms with Gasteiger partial charge in [0.15, 0.2) is 5.69 Å². The van der Waals surface area contributed by atoms with Crippen LogP contribution in [0.1, 0.15) is 5.69 Å². The van der Waals surface area contributed by atoms with Crippen molar-refractivity contribution in [2.75, 3.05) is 28.4 Å². The van der Waals surface area contributed by atoms with E-state index in [-0.39, 0.29) is 11.6 Å². The maximum atomic E-state index is 14.1. The van der Waals surface area contributed by atoms with Crippen LogP contribution in [0.25, 0.3) is 39.7 Å². The van der Waals surface area contributed by atoms with Gasteiger partial charge in [0.05, 0.1) is 45.5 Å². The van der Waals surface area contributed by atoms with Crippen molar-refractivity contribution in [2.45, 2.75) is 6.18 Å². The van der Waals surface area contributed by atoms with Gasteiger partial charge in [0.1, 0.15) is 23.0 Å². The third kappa shape index (κ3) is 5.51. The van der Waals surface area contributed by atoms with Crippen LogP contribution >= 0.6 is 0 Å². The summed E-state index contributed by atoms with van der Waals surface area (Å²) in [6.07, 6.45) is -4.73. The van der Waals surface area contributed by atoms with Crippen LogP contribution in [0.15, 0.2) is 78.9 Å². The molecule has 210 valence electrons. The zero-order valence-corrected chi connectivity index (χ0v) is 22.6. The van der Waals surface area contributed by atoms with Gasteiger partial charge in [-0.1, -0.05) is 30.3 Å². The van der Waals surface area contributed by atoms with E-state index in [1.807, 2.05) is 0 Å². The Hall–Kier alpha value is -5.06. The summed E-state index contributed by atoms with van der Waals surface area (Å²) in [5.74, 6) is 1.70. The van der Waals surface area contributed by atoms with Gasteiger partial charge in [0.25, 0.3) is 5.95 Å². The van der Waals surface area contributed by atoms with E-state index in [2.05, 4.69) is 15.1 Å². The van der Waals surface area contributed by atoms with Crippen molar-refractivity contribution < 1.29 is 32.1 Å². The van der Waals surface area contributed by atoms with E-state index in [1.54, 1.807) is 72.8 Å². The largest absolute Gasteiger partial charge is 0.497 e. The molecule has 0 bridgehead atoms. The Labute approximate surface area is 233 Å². The van der Waals surface area contributed by atoms with Crippen LogP contribution < -0.4 is 18.9 Å². The number of alkyl halides is 3. The third-order valence-electron chi connectivity index (χ3n) is 6.34. The first-order chi connectivity index (χ1) is 19.7. The SMILES string of the molecule is COc1ccc(-c2cc(-c3ccc(OC)cc3OC)n(-c3nc(-c4ccccc4)cc(C(F)(F)F)n3)n2)c(OC)c1. The Morgan fingerprint density at radius 3 is 1.83 bits per heavy atom. The molecule has 5 aromatic rings. The average Bonchev–Trinajstić information content (AvgIpc) is 3.45. The van der Waals surface area contributed by atoms with Crippen LogP contribution in [-0.2, 0) is 6.18 Å². The number of aromatic nitrogens is 4. The molecule has 8 nitrogen and oxygen atoms in total. The molecule has 5 rings (SSSR count). The zero-order chi connectivity index (χ0) is 29.1. The lowest BCUT2D eigenvalue weighted by molar-refractivity contribution is -0.141. The summed E-state index contributed by atoms with van der Waals surface area (Å²) in [4.78, 5) is 8.41. The lowest BCUT2D eigenvalue weighted by Gasteiger charge is -2.14. The molecule has 0 N–H and O–H groups in total. The molecule has 0 aliphatic rings. The van der Waals surface area contributed by atoms with E-state index in [4.69, 9.17) is 18.9 Å². The molecule has 41 heavy (non-hydrogen) atoms. The zero-order valence-electron chi connectivity index (χ0n) is 22.6. The quantitative estimate of drug-likeness (QED) is 0.208. The number of rotatable bonds is 8. The number of methoxy groups -OCH3 is 4. The van der Waals surface area contributed by atoms with Gasteiger partial charge < -0.3 is 18.9 Å². The van der Waals surface area contributed by atoms with Crippen LogP contribution in [0.3, 0.4) is 0 Å².